The second-order valence-electron chi connectivity index (χ2n) is 6.56. The van der Waals surface area contributed by atoms with Crippen LogP contribution in [0.1, 0.15) is 35.8 Å². The van der Waals surface area contributed by atoms with Crippen molar-refractivity contribution >= 4 is 32.5 Å². The summed E-state index contributed by atoms with van der Waals surface area (Å²) in [5.74, 6) is 0.0566. The molecule has 0 unspecified atom stereocenters. The van der Waals surface area contributed by atoms with Gasteiger partial charge in [0.1, 0.15) is 5.69 Å². The van der Waals surface area contributed by atoms with Crippen molar-refractivity contribution in [1.29, 1.82) is 0 Å². The molecule has 2 heterocycles. The zero-order chi connectivity index (χ0) is 18.7. The Labute approximate surface area is 153 Å². The number of sulfonamides is 1. The Balaban J connectivity index is 1.86. The van der Waals surface area contributed by atoms with E-state index in [2.05, 4.69) is 9.71 Å². The van der Waals surface area contributed by atoms with Crippen LogP contribution in [0.3, 0.4) is 0 Å². The molecular formula is C18H25N3O4S. The number of ether oxygens (including phenoxy) is 1. The number of hydrogen-bond donors (Lipinski definition) is 2. The van der Waals surface area contributed by atoms with Crippen LogP contribution in [0.5, 0.6) is 0 Å². The highest BCUT2D eigenvalue weighted by atomic mass is 32.2. The maximum absolute atomic E-state index is 12.7. The zero-order valence-corrected chi connectivity index (χ0v) is 16.0. The summed E-state index contributed by atoms with van der Waals surface area (Å²) in [6.07, 6.45) is 1.45. The molecule has 1 fully saturated rings. The van der Waals surface area contributed by atoms with E-state index in [0.29, 0.717) is 44.1 Å². The first-order valence-corrected chi connectivity index (χ1v) is 10.6. The van der Waals surface area contributed by atoms with Crippen molar-refractivity contribution in [2.45, 2.75) is 26.7 Å². The van der Waals surface area contributed by atoms with Gasteiger partial charge in [0.05, 0.1) is 19.0 Å². The molecule has 1 aromatic heterocycles. The molecule has 1 aromatic carbocycles. The number of morpholine rings is 1. The molecular weight excluding hydrogens is 354 g/mol. The molecule has 2 aromatic rings. The predicted octanol–water partition coefficient (Wildman–Crippen LogP) is 2.49. The van der Waals surface area contributed by atoms with E-state index in [1.807, 2.05) is 13.8 Å². The van der Waals surface area contributed by atoms with Gasteiger partial charge in [-0.1, -0.05) is 13.3 Å². The number of aromatic nitrogens is 1. The Morgan fingerprint density at radius 3 is 2.73 bits per heavy atom. The van der Waals surface area contributed by atoms with Crippen LogP contribution in [0.4, 0.5) is 5.69 Å². The molecule has 8 heteroatoms. The minimum Gasteiger partial charge on any atom is -0.378 e. The predicted molar refractivity (Wildman–Crippen MR) is 102 cm³/mol. The van der Waals surface area contributed by atoms with Crippen molar-refractivity contribution < 1.29 is 17.9 Å². The van der Waals surface area contributed by atoms with Crippen LogP contribution >= 0.6 is 0 Å². The van der Waals surface area contributed by atoms with Gasteiger partial charge in [0.2, 0.25) is 10.0 Å². The lowest BCUT2D eigenvalue weighted by Crippen LogP contribution is -2.41. The number of amides is 1. The van der Waals surface area contributed by atoms with Crippen LogP contribution < -0.4 is 4.72 Å². The summed E-state index contributed by atoms with van der Waals surface area (Å²) in [6.45, 7) is 6.09. The summed E-state index contributed by atoms with van der Waals surface area (Å²) in [5.41, 5.74) is 2.70. The first-order chi connectivity index (χ1) is 12.4. The first-order valence-electron chi connectivity index (χ1n) is 8.91. The number of nitrogens with one attached hydrogen (secondary N) is 2. The van der Waals surface area contributed by atoms with Gasteiger partial charge in [-0.25, -0.2) is 8.42 Å². The zero-order valence-electron chi connectivity index (χ0n) is 15.2. The number of nitrogens with zero attached hydrogens (tertiary/aromatic N) is 1. The number of carbonyl (C=O) groups is 1. The summed E-state index contributed by atoms with van der Waals surface area (Å²) in [6, 6.07) is 5.29. The van der Waals surface area contributed by atoms with Crippen molar-refractivity contribution in [3.63, 3.8) is 0 Å². The third-order valence-corrected chi connectivity index (χ3v) is 5.98. The Morgan fingerprint density at radius 2 is 2.04 bits per heavy atom. The minimum absolute atomic E-state index is 0.0490. The maximum atomic E-state index is 12.7. The lowest BCUT2D eigenvalue weighted by atomic mass is 10.1. The molecule has 3 rings (SSSR count). The van der Waals surface area contributed by atoms with Crippen LogP contribution in [0, 0.1) is 6.92 Å². The molecule has 1 amide bonds. The van der Waals surface area contributed by atoms with Crippen molar-refractivity contribution in [1.82, 2.24) is 9.88 Å². The quantitative estimate of drug-likeness (QED) is 0.807. The van der Waals surface area contributed by atoms with E-state index >= 15 is 0 Å². The van der Waals surface area contributed by atoms with E-state index in [9.17, 15) is 13.2 Å². The molecule has 0 radical (unpaired) electrons. The van der Waals surface area contributed by atoms with Gasteiger partial charge in [-0.15, -0.1) is 0 Å². The van der Waals surface area contributed by atoms with Gasteiger partial charge in [-0.05, 0) is 37.1 Å². The smallest absolute Gasteiger partial charge is 0.270 e. The van der Waals surface area contributed by atoms with Crippen LogP contribution in [0.15, 0.2) is 18.2 Å². The van der Waals surface area contributed by atoms with Gasteiger partial charge in [-0.3, -0.25) is 9.52 Å². The highest BCUT2D eigenvalue weighted by Crippen LogP contribution is 2.26. The molecule has 1 aliphatic rings. The third-order valence-electron chi connectivity index (χ3n) is 4.61. The van der Waals surface area contributed by atoms with Gasteiger partial charge in [0.25, 0.3) is 5.91 Å². The van der Waals surface area contributed by atoms with Gasteiger partial charge in [-0.2, -0.15) is 0 Å². The molecule has 7 nitrogen and oxygen atoms in total. The molecule has 1 aliphatic heterocycles. The second-order valence-corrected chi connectivity index (χ2v) is 8.41. The van der Waals surface area contributed by atoms with Crippen LogP contribution in [0.25, 0.3) is 10.9 Å². The number of rotatable bonds is 6. The number of aryl methyl sites for hydroxylation is 1. The van der Waals surface area contributed by atoms with E-state index in [1.54, 1.807) is 23.1 Å². The van der Waals surface area contributed by atoms with Crippen molar-refractivity contribution in [2.24, 2.45) is 0 Å². The Kier molecular flexibility index (Phi) is 5.52. The standard InChI is InChI=1S/C18H25N3O4S/c1-3-4-11-26(23,24)20-14-5-6-16-15(12-14)13(2)17(19-16)18(22)21-7-9-25-10-8-21/h5-6,12,19-20H,3-4,7-11H2,1-2H3. The third kappa shape index (κ3) is 4.02. The largest absolute Gasteiger partial charge is 0.378 e. The monoisotopic (exact) mass is 379 g/mol. The van der Waals surface area contributed by atoms with E-state index in [0.717, 1.165) is 22.9 Å². The number of unbranched alkanes of at least 4 members (excludes halogenated alkanes) is 1. The molecule has 0 saturated carbocycles. The summed E-state index contributed by atoms with van der Waals surface area (Å²) in [7, 11) is -3.35. The molecule has 0 spiro atoms. The number of carbonyl (C=O) groups excluding carboxylic acids is 1. The van der Waals surface area contributed by atoms with E-state index in [-0.39, 0.29) is 11.7 Å². The van der Waals surface area contributed by atoms with Gasteiger partial charge >= 0.3 is 0 Å². The number of fused-ring (bicyclic) bond motifs is 1. The fraction of sp³-hybridized carbons (Fsp3) is 0.500. The SMILES string of the molecule is CCCCS(=O)(=O)Nc1ccc2[nH]c(C(=O)N3CCOCC3)c(C)c2c1. The van der Waals surface area contributed by atoms with Crippen LogP contribution in [-0.4, -0.2) is 56.3 Å². The number of aromatic amines is 1. The van der Waals surface area contributed by atoms with Crippen molar-refractivity contribution in [2.75, 3.05) is 36.8 Å². The number of anilines is 1. The molecule has 1 saturated heterocycles. The molecule has 0 bridgehead atoms. The van der Waals surface area contributed by atoms with Gasteiger partial charge < -0.3 is 14.6 Å². The lowest BCUT2D eigenvalue weighted by Gasteiger charge is -2.26. The fourth-order valence-corrected chi connectivity index (χ4v) is 4.35. The summed E-state index contributed by atoms with van der Waals surface area (Å²) in [5, 5.41) is 0.845. The average Bonchev–Trinajstić information content (AvgIpc) is 2.96. The normalized spacial score (nSPS) is 15.4. The maximum Gasteiger partial charge on any atom is 0.270 e. The number of H-pyrrole nitrogens is 1. The van der Waals surface area contributed by atoms with Crippen molar-refractivity contribution in [3.05, 3.63) is 29.5 Å². The average molecular weight is 379 g/mol. The molecule has 0 atom stereocenters. The van der Waals surface area contributed by atoms with E-state index < -0.39 is 10.0 Å². The fourth-order valence-electron chi connectivity index (χ4n) is 3.09. The van der Waals surface area contributed by atoms with Crippen LogP contribution in [0.2, 0.25) is 0 Å². The highest BCUT2D eigenvalue weighted by molar-refractivity contribution is 7.92. The molecule has 2 N–H and O–H groups in total. The number of hydrogen-bond acceptors (Lipinski definition) is 4. The topological polar surface area (TPSA) is 91.5 Å². The molecule has 142 valence electrons. The highest BCUT2D eigenvalue weighted by Gasteiger charge is 2.23. The minimum atomic E-state index is -3.35. The number of benzene rings is 1. The molecule has 26 heavy (non-hydrogen) atoms. The Morgan fingerprint density at radius 1 is 1.31 bits per heavy atom. The lowest BCUT2D eigenvalue weighted by molar-refractivity contribution is 0.0299. The summed E-state index contributed by atoms with van der Waals surface area (Å²) < 4.78 is 32.1. The van der Waals surface area contributed by atoms with E-state index in [1.165, 1.54) is 0 Å². The second kappa shape index (κ2) is 7.67. The molecule has 0 aliphatic carbocycles. The van der Waals surface area contributed by atoms with Gasteiger partial charge in [0, 0.05) is 29.7 Å². The van der Waals surface area contributed by atoms with E-state index in [4.69, 9.17) is 4.74 Å². The summed E-state index contributed by atoms with van der Waals surface area (Å²) in [4.78, 5) is 17.7. The summed E-state index contributed by atoms with van der Waals surface area (Å²) >= 11 is 0. The van der Waals surface area contributed by atoms with Crippen molar-refractivity contribution in [3.8, 4) is 0 Å². The first kappa shape index (κ1) is 18.7. The van der Waals surface area contributed by atoms with Gasteiger partial charge in [0.15, 0.2) is 0 Å². The van der Waals surface area contributed by atoms with Crippen LogP contribution in [-0.2, 0) is 14.8 Å². The Hall–Kier alpha value is -2.06. The Bertz CT molecular complexity index is 899.